The van der Waals surface area contributed by atoms with E-state index in [0.717, 1.165) is 5.56 Å². The van der Waals surface area contributed by atoms with Gasteiger partial charge < -0.3 is 5.32 Å². The van der Waals surface area contributed by atoms with Crippen LogP contribution in [-0.2, 0) is 0 Å². The summed E-state index contributed by atoms with van der Waals surface area (Å²) in [5, 5.41) is 4.23. The zero-order chi connectivity index (χ0) is 14.2. The lowest BCUT2D eigenvalue weighted by atomic mass is 10.2. The summed E-state index contributed by atoms with van der Waals surface area (Å²) in [7, 11) is 0. The lowest BCUT2D eigenvalue weighted by Crippen LogP contribution is -2.21. The van der Waals surface area contributed by atoms with Gasteiger partial charge in [-0.2, -0.15) is 0 Å². The minimum Gasteiger partial charge on any atom is -0.313 e. The first-order valence-corrected chi connectivity index (χ1v) is 6.61. The molecule has 4 heteroatoms. The van der Waals surface area contributed by atoms with Gasteiger partial charge in [-0.1, -0.05) is 48.5 Å². The van der Waals surface area contributed by atoms with Crippen LogP contribution in [-0.4, -0.2) is 12.2 Å². The van der Waals surface area contributed by atoms with E-state index in [1.165, 1.54) is 6.34 Å². The van der Waals surface area contributed by atoms with Gasteiger partial charge in [0.2, 0.25) is 0 Å². The average molecular weight is 282 g/mol. The third-order valence-electron chi connectivity index (χ3n) is 2.63. The van der Waals surface area contributed by atoms with E-state index in [1.807, 2.05) is 48.5 Å². The monoisotopic (exact) mass is 282 g/mol. The number of nitrogens with one attached hydrogen (secondary N) is 1. The standard InChI is InChI=1S/C16H14N2OS/c19-16(14-9-5-2-6-10-14)18-12-17-15(11-20)13-7-3-1-4-8-13/h1-12,20H,(H,17,18,19)/b15-11-. The van der Waals surface area contributed by atoms with Crippen molar-refractivity contribution in [3.8, 4) is 0 Å². The Morgan fingerprint density at radius 3 is 2.05 bits per heavy atom. The highest BCUT2D eigenvalue weighted by Gasteiger charge is 2.01. The van der Waals surface area contributed by atoms with E-state index in [2.05, 4.69) is 22.9 Å². The highest BCUT2D eigenvalue weighted by Crippen LogP contribution is 2.15. The summed E-state index contributed by atoms with van der Waals surface area (Å²) in [5.41, 5.74) is 2.21. The van der Waals surface area contributed by atoms with Crippen molar-refractivity contribution in [2.45, 2.75) is 0 Å². The Bertz CT molecular complexity index is 621. The molecule has 2 aromatic carbocycles. The van der Waals surface area contributed by atoms with Gasteiger partial charge in [0, 0.05) is 11.1 Å². The van der Waals surface area contributed by atoms with E-state index >= 15 is 0 Å². The molecule has 0 aromatic heterocycles. The topological polar surface area (TPSA) is 41.5 Å². The number of thiol groups is 1. The summed E-state index contributed by atoms with van der Waals surface area (Å²) < 4.78 is 0. The molecule has 20 heavy (non-hydrogen) atoms. The zero-order valence-corrected chi connectivity index (χ0v) is 11.6. The van der Waals surface area contributed by atoms with Crippen LogP contribution in [0, 0.1) is 0 Å². The molecule has 0 atom stereocenters. The normalized spacial score (nSPS) is 11.6. The van der Waals surface area contributed by atoms with Crippen molar-refractivity contribution < 1.29 is 4.79 Å². The molecule has 0 saturated carbocycles. The molecular weight excluding hydrogens is 268 g/mol. The lowest BCUT2D eigenvalue weighted by Gasteiger charge is -2.01. The number of hydrogen-bond acceptors (Lipinski definition) is 3. The average Bonchev–Trinajstić information content (AvgIpc) is 2.53. The first-order valence-electron chi connectivity index (χ1n) is 6.09. The molecule has 0 aliphatic carbocycles. The Kier molecular flexibility index (Phi) is 5.15. The molecule has 2 aromatic rings. The zero-order valence-electron chi connectivity index (χ0n) is 10.7. The summed E-state index contributed by atoms with van der Waals surface area (Å²) in [6.45, 7) is 0. The van der Waals surface area contributed by atoms with Crippen molar-refractivity contribution in [2.24, 2.45) is 4.99 Å². The fourth-order valence-corrected chi connectivity index (χ4v) is 1.84. The van der Waals surface area contributed by atoms with Crippen LogP contribution in [0.25, 0.3) is 5.70 Å². The molecule has 0 radical (unpaired) electrons. The van der Waals surface area contributed by atoms with Crippen LogP contribution < -0.4 is 5.32 Å². The number of rotatable bonds is 4. The summed E-state index contributed by atoms with van der Waals surface area (Å²) in [6, 6.07) is 18.6. The summed E-state index contributed by atoms with van der Waals surface area (Å²) in [6.07, 6.45) is 1.38. The van der Waals surface area contributed by atoms with Crippen molar-refractivity contribution in [2.75, 3.05) is 0 Å². The number of benzene rings is 2. The van der Waals surface area contributed by atoms with Gasteiger partial charge in [-0.3, -0.25) is 4.79 Å². The summed E-state index contributed by atoms with van der Waals surface area (Å²) in [4.78, 5) is 16.0. The largest absolute Gasteiger partial charge is 0.313 e. The van der Waals surface area contributed by atoms with Crippen LogP contribution in [0.1, 0.15) is 15.9 Å². The van der Waals surface area contributed by atoms with Crippen LogP contribution >= 0.6 is 12.6 Å². The quantitative estimate of drug-likeness (QED) is 0.504. The van der Waals surface area contributed by atoms with E-state index in [-0.39, 0.29) is 5.91 Å². The van der Waals surface area contributed by atoms with Gasteiger partial charge in [-0.15, -0.1) is 12.6 Å². The van der Waals surface area contributed by atoms with E-state index in [0.29, 0.717) is 11.3 Å². The van der Waals surface area contributed by atoms with Crippen LogP contribution in [0.5, 0.6) is 0 Å². The van der Waals surface area contributed by atoms with Gasteiger partial charge in [-0.25, -0.2) is 4.99 Å². The Morgan fingerprint density at radius 1 is 0.950 bits per heavy atom. The second-order valence-electron chi connectivity index (χ2n) is 3.98. The number of carbonyl (C=O) groups is 1. The molecular formula is C16H14N2OS. The maximum Gasteiger partial charge on any atom is 0.256 e. The first kappa shape index (κ1) is 14.1. The number of amides is 1. The molecule has 0 aliphatic heterocycles. The van der Waals surface area contributed by atoms with Crippen LogP contribution in [0.3, 0.4) is 0 Å². The van der Waals surface area contributed by atoms with Crippen LogP contribution in [0.15, 0.2) is 71.1 Å². The Hall–Kier alpha value is -2.33. The Morgan fingerprint density at radius 2 is 1.50 bits per heavy atom. The summed E-state index contributed by atoms with van der Waals surface area (Å²) in [5.74, 6) is -0.194. The van der Waals surface area contributed by atoms with Gasteiger partial charge in [0.1, 0.15) is 0 Å². The lowest BCUT2D eigenvalue weighted by molar-refractivity contribution is 0.0978. The molecule has 0 spiro atoms. The highest BCUT2D eigenvalue weighted by atomic mass is 32.1. The SMILES string of the molecule is O=C(NC=N/C(=C\S)c1ccccc1)c1ccccc1. The molecule has 0 aliphatic rings. The molecule has 2 rings (SSSR count). The maximum absolute atomic E-state index is 11.8. The molecule has 3 nitrogen and oxygen atoms in total. The van der Waals surface area contributed by atoms with Gasteiger partial charge in [0.15, 0.2) is 0 Å². The van der Waals surface area contributed by atoms with E-state index < -0.39 is 0 Å². The van der Waals surface area contributed by atoms with Gasteiger partial charge in [0.05, 0.1) is 12.0 Å². The minimum absolute atomic E-state index is 0.194. The summed E-state index contributed by atoms with van der Waals surface area (Å²) >= 11 is 4.13. The van der Waals surface area contributed by atoms with Crippen LogP contribution in [0.4, 0.5) is 0 Å². The highest BCUT2D eigenvalue weighted by molar-refractivity contribution is 7.83. The van der Waals surface area contributed by atoms with Crippen molar-refractivity contribution in [1.82, 2.24) is 5.32 Å². The predicted octanol–water partition coefficient (Wildman–Crippen LogP) is 3.37. The predicted molar refractivity (Wildman–Crippen MR) is 85.8 cm³/mol. The maximum atomic E-state index is 11.8. The molecule has 0 unspecified atom stereocenters. The van der Waals surface area contributed by atoms with Crippen molar-refractivity contribution >= 4 is 30.6 Å². The number of hydrogen-bond donors (Lipinski definition) is 2. The second kappa shape index (κ2) is 7.31. The van der Waals surface area contributed by atoms with Gasteiger partial charge in [-0.05, 0) is 17.5 Å². The minimum atomic E-state index is -0.194. The van der Waals surface area contributed by atoms with Crippen molar-refractivity contribution in [1.29, 1.82) is 0 Å². The fourth-order valence-electron chi connectivity index (χ4n) is 1.62. The van der Waals surface area contributed by atoms with Gasteiger partial charge in [0.25, 0.3) is 5.91 Å². The first-order chi connectivity index (χ1) is 9.81. The Balaban J connectivity index is 2.01. The molecule has 100 valence electrons. The van der Waals surface area contributed by atoms with E-state index in [1.54, 1.807) is 17.5 Å². The molecule has 0 bridgehead atoms. The van der Waals surface area contributed by atoms with E-state index in [9.17, 15) is 4.79 Å². The number of carbonyl (C=O) groups excluding carboxylic acids is 1. The third kappa shape index (κ3) is 3.83. The third-order valence-corrected chi connectivity index (χ3v) is 2.87. The van der Waals surface area contributed by atoms with Crippen molar-refractivity contribution in [3.05, 3.63) is 77.2 Å². The Labute approximate surface area is 123 Å². The van der Waals surface area contributed by atoms with Crippen molar-refractivity contribution in [3.63, 3.8) is 0 Å². The smallest absolute Gasteiger partial charge is 0.256 e. The van der Waals surface area contributed by atoms with E-state index in [4.69, 9.17) is 0 Å². The molecule has 1 N–H and O–H groups in total. The molecule has 0 heterocycles. The molecule has 0 saturated heterocycles. The number of aliphatic imine (C=N–C) groups is 1. The fraction of sp³-hybridized carbons (Fsp3) is 0. The number of nitrogens with zero attached hydrogens (tertiary/aromatic N) is 1. The van der Waals surface area contributed by atoms with Crippen LogP contribution in [0.2, 0.25) is 0 Å². The second-order valence-corrected chi connectivity index (χ2v) is 4.24. The molecule has 0 fully saturated rings. The molecule has 1 amide bonds. The van der Waals surface area contributed by atoms with Gasteiger partial charge >= 0.3 is 0 Å².